The van der Waals surface area contributed by atoms with Gasteiger partial charge in [0.1, 0.15) is 6.54 Å². The van der Waals surface area contributed by atoms with Gasteiger partial charge in [-0.05, 0) is 39.0 Å². The standard InChI is InChI=1S/C13H14BrN3O2S/c1-16(5-9-4-11(14)20-8-9)13(19)7-17-6-10(15)2-3-12(17)18/h2-4,6,8H,5,7,15H2,1H3. The van der Waals surface area contributed by atoms with Crippen LogP contribution in [0, 0.1) is 0 Å². The molecule has 106 valence electrons. The van der Waals surface area contributed by atoms with Crippen molar-refractivity contribution in [1.82, 2.24) is 9.47 Å². The summed E-state index contributed by atoms with van der Waals surface area (Å²) in [5.41, 5.74) is 6.89. The highest BCUT2D eigenvalue weighted by atomic mass is 79.9. The van der Waals surface area contributed by atoms with E-state index in [9.17, 15) is 9.59 Å². The first-order valence-corrected chi connectivity index (χ1v) is 7.56. The first-order valence-electron chi connectivity index (χ1n) is 5.88. The van der Waals surface area contributed by atoms with Crippen LogP contribution in [0.5, 0.6) is 0 Å². The number of anilines is 1. The van der Waals surface area contributed by atoms with Gasteiger partial charge in [0.05, 0.1) is 3.79 Å². The van der Waals surface area contributed by atoms with E-state index in [4.69, 9.17) is 5.73 Å². The molecule has 20 heavy (non-hydrogen) atoms. The fraction of sp³-hybridized carbons (Fsp3) is 0.231. The highest BCUT2D eigenvalue weighted by Gasteiger charge is 2.11. The second-order valence-corrected chi connectivity index (χ2v) is 6.73. The van der Waals surface area contributed by atoms with Crippen LogP contribution in [0.3, 0.4) is 0 Å². The number of amides is 1. The molecule has 0 saturated heterocycles. The summed E-state index contributed by atoms with van der Waals surface area (Å²) in [6, 6.07) is 4.86. The number of rotatable bonds is 4. The number of thiophene rings is 1. The highest BCUT2D eigenvalue weighted by molar-refractivity contribution is 9.11. The summed E-state index contributed by atoms with van der Waals surface area (Å²) in [5, 5.41) is 1.99. The van der Waals surface area contributed by atoms with Crippen molar-refractivity contribution in [2.75, 3.05) is 12.8 Å². The number of likely N-dealkylation sites (N-methyl/N-ethyl adjacent to an activating group) is 1. The van der Waals surface area contributed by atoms with Crippen LogP contribution in [0.15, 0.2) is 38.4 Å². The Balaban J connectivity index is 2.04. The minimum atomic E-state index is -0.237. The first kappa shape index (κ1) is 14.8. The van der Waals surface area contributed by atoms with E-state index in [2.05, 4.69) is 15.9 Å². The molecule has 2 N–H and O–H groups in total. The molecule has 1 amide bonds. The van der Waals surface area contributed by atoms with E-state index >= 15 is 0 Å². The number of carbonyl (C=O) groups excluding carboxylic acids is 1. The number of pyridine rings is 1. The predicted octanol–water partition coefficient (Wildman–Crippen LogP) is 1.91. The van der Waals surface area contributed by atoms with Crippen LogP contribution >= 0.6 is 27.3 Å². The van der Waals surface area contributed by atoms with Gasteiger partial charge in [-0.3, -0.25) is 9.59 Å². The van der Waals surface area contributed by atoms with Crippen LogP contribution in [-0.4, -0.2) is 22.4 Å². The molecule has 0 bridgehead atoms. The van der Waals surface area contributed by atoms with E-state index in [0.717, 1.165) is 9.35 Å². The number of hydrogen-bond donors (Lipinski definition) is 1. The molecule has 5 nitrogen and oxygen atoms in total. The van der Waals surface area contributed by atoms with Crippen LogP contribution in [0.1, 0.15) is 5.56 Å². The van der Waals surface area contributed by atoms with E-state index in [1.807, 2.05) is 11.4 Å². The molecule has 2 aromatic heterocycles. The highest BCUT2D eigenvalue weighted by Crippen LogP contribution is 2.21. The SMILES string of the molecule is CN(Cc1csc(Br)c1)C(=O)Cn1cc(N)ccc1=O. The molecule has 0 aromatic carbocycles. The van der Waals surface area contributed by atoms with Crippen molar-refractivity contribution >= 4 is 38.9 Å². The van der Waals surface area contributed by atoms with E-state index in [-0.39, 0.29) is 18.0 Å². The van der Waals surface area contributed by atoms with Gasteiger partial charge >= 0.3 is 0 Å². The molecule has 2 aromatic rings. The van der Waals surface area contributed by atoms with Gasteiger partial charge < -0.3 is 15.2 Å². The number of nitrogen functional groups attached to an aromatic ring is 1. The minimum absolute atomic E-state index is 0.00825. The Kier molecular flexibility index (Phi) is 4.61. The Hall–Kier alpha value is -1.60. The van der Waals surface area contributed by atoms with Crippen molar-refractivity contribution in [2.45, 2.75) is 13.1 Å². The summed E-state index contributed by atoms with van der Waals surface area (Å²) in [6.07, 6.45) is 1.48. The Bertz CT molecular complexity index is 680. The van der Waals surface area contributed by atoms with Gasteiger partial charge in [0.2, 0.25) is 5.91 Å². The zero-order chi connectivity index (χ0) is 14.7. The molecule has 0 unspecified atom stereocenters. The Morgan fingerprint density at radius 3 is 2.90 bits per heavy atom. The molecule has 0 atom stereocenters. The largest absolute Gasteiger partial charge is 0.398 e. The Morgan fingerprint density at radius 1 is 1.50 bits per heavy atom. The van der Waals surface area contributed by atoms with Gasteiger partial charge in [0, 0.05) is 31.5 Å². The number of halogens is 1. The number of nitrogens with zero attached hydrogens (tertiary/aromatic N) is 2. The molecule has 2 heterocycles. The van der Waals surface area contributed by atoms with Crippen LogP contribution in [0.4, 0.5) is 5.69 Å². The lowest BCUT2D eigenvalue weighted by molar-refractivity contribution is -0.131. The van der Waals surface area contributed by atoms with Crippen molar-refractivity contribution in [3.05, 3.63) is 49.5 Å². The average Bonchev–Trinajstić information content (AvgIpc) is 2.79. The lowest BCUT2D eigenvalue weighted by Crippen LogP contribution is -2.33. The topological polar surface area (TPSA) is 68.3 Å². The number of aromatic nitrogens is 1. The average molecular weight is 356 g/mol. The fourth-order valence-corrected chi connectivity index (χ4v) is 2.93. The third kappa shape index (κ3) is 3.71. The van der Waals surface area contributed by atoms with Gasteiger partial charge in [-0.15, -0.1) is 11.3 Å². The van der Waals surface area contributed by atoms with E-state index in [0.29, 0.717) is 12.2 Å². The zero-order valence-electron chi connectivity index (χ0n) is 10.9. The van der Waals surface area contributed by atoms with Gasteiger partial charge in [-0.2, -0.15) is 0 Å². The number of nitrogens with two attached hydrogens (primary N) is 1. The van der Waals surface area contributed by atoms with E-state index < -0.39 is 0 Å². The molecule has 0 saturated carbocycles. The molecule has 0 radical (unpaired) electrons. The van der Waals surface area contributed by atoms with Crippen LogP contribution < -0.4 is 11.3 Å². The smallest absolute Gasteiger partial charge is 0.251 e. The molecule has 0 fully saturated rings. The van der Waals surface area contributed by atoms with Crippen LogP contribution in [0.25, 0.3) is 0 Å². The summed E-state index contributed by atoms with van der Waals surface area (Å²) in [6.45, 7) is 0.504. The Labute approximate surface area is 128 Å². The molecule has 0 aliphatic carbocycles. The number of hydrogen-bond acceptors (Lipinski definition) is 4. The van der Waals surface area contributed by atoms with E-state index in [1.54, 1.807) is 23.3 Å². The van der Waals surface area contributed by atoms with Gasteiger partial charge in [0.15, 0.2) is 0 Å². The molecule has 0 aliphatic rings. The lowest BCUT2D eigenvalue weighted by atomic mass is 10.3. The minimum Gasteiger partial charge on any atom is -0.398 e. The van der Waals surface area contributed by atoms with E-state index in [1.165, 1.54) is 22.9 Å². The lowest BCUT2D eigenvalue weighted by Gasteiger charge is -2.17. The molecular formula is C13H14BrN3O2S. The quantitative estimate of drug-likeness (QED) is 0.910. The van der Waals surface area contributed by atoms with Gasteiger partial charge in [0.25, 0.3) is 5.56 Å². The summed E-state index contributed by atoms with van der Waals surface area (Å²) in [5.74, 6) is -0.139. The van der Waals surface area contributed by atoms with Crippen molar-refractivity contribution in [1.29, 1.82) is 0 Å². The third-order valence-electron chi connectivity index (χ3n) is 2.78. The molecule has 0 aliphatic heterocycles. The van der Waals surface area contributed by atoms with Crippen molar-refractivity contribution in [2.24, 2.45) is 0 Å². The fourth-order valence-electron chi connectivity index (χ4n) is 1.73. The maximum absolute atomic E-state index is 12.1. The van der Waals surface area contributed by atoms with Crippen LogP contribution in [0.2, 0.25) is 0 Å². The Morgan fingerprint density at radius 2 is 2.25 bits per heavy atom. The summed E-state index contributed by atoms with van der Waals surface area (Å²) >= 11 is 4.96. The number of carbonyl (C=O) groups is 1. The second kappa shape index (κ2) is 6.23. The molecule has 7 heteroatoms. The third-order valence-corrected chi connectivity index (χ3v) is 4.33. The van der Waals surface area contributed by atoms with Crippen LogP contribution in [-0.2, 0) is 17.9 Å². The molecule has 0 spiro atoms. The monoisotopic (exact) mass is 355 g/mol. The summed E-state index contributed by atoms with van der Waals surface area (Å²) in [7, 11) is 1.71. The van der Waals surface area contributed by atoms with Gasteiger partial charge in [-0.25, -0.2) is 0 Å². The normalized spacial score (nSPS) is 10.5. The second-order valence-electron chi connectivity index (χ2n) is 4.44. The summed E-state index contributed by atoms with van der Waals surface area (Å²) < 4.78 is 2.35. The predicted molar refractivity (Wildman–Crippen MR) is 83.6 cm³/mol. The van der Waals surface area contributed by atoms with Gasteiger partial charge in [-0.1, -0.05) is 0 Å². The summed E-state index contributed by atoms with van der Waals surface area (Å²) in [4.78, 5) is 25.3. The maximum atomic E-state index is 12.1. The van der Waals surface area contributed by atoms with Crippen molar-refractivity contribution in [3.63, 3.8) is 0 Å². The van der Waals surface area contributed by atoms with Crippen molar-refractivity contribution < 1.29 is 4.79 Å². The zero-order valence-corrected chi connectivity index (χ0v) is 13.3. The molecular weight excluding hydrogens is 342 g/mol. The van der Waals surface area contributed by atoms with Crippen molar-refractivity contribution in [3.8, 4) is 0 Å². The molecule has 2 rings (SSSR count). The first-order chi connectivity index (χ1) is 9.45. The maximum Gasteiger partial charge on any atom is 0.251 e.